The van der Waals surface area contributed by atoms with E-state index in [2.05, 4.69) is 6.92 Å². The molecule has 1 saturated heterocycles. The highest BCUT2D eigenvalue weighted by atomic mass is 16.5. The predicted octanol–water partition coefficient (Wildman–Crippen LogP) is 2.93. The number of nitrogens with zero attached hydrogens (tertiary/aromatic N) is 1. The standard InChI is InChI=1S/C16H24N2O2/c1-3-12-7-9-18(10-8-12)16(19)13-5-6-15(20-4-2)14(17)11-13/h5-6,11-12H,3-4,7-10,17H2,1-2H3. The number of carbonyl (C=O) groups excluding carboxylic acids is 1. The molecule has 4 heteroatoms. The third kappa shape index (κ3) is 3.24. The van der Waals surface area contributed by atoms with Crippen molar-refractivity contribution in [3.05, 3.63) is 23.8 Å². The van der Waals surface area contributed by atoms with Crippen molar-refractivity contribution < 1.29 is 9.53 Å². The molecule has 0 saturated carbocycles. The van der Waals surface area contributed by atoms with Crippen LogP contribution in [0.15, 0.2) is 18.2 Å². The van der Waals surface area contributed by atoms with E-state index in [-0.39, 0.29) is 5.91 Å². The fourth-order valence-corrected chi connectivity index (χ4v) is 2.70. The highest BCUT2D eigenvalue weighted by Gasteiger charge is 2.23. The number of nitrogen functional groups attached to an aromatic ring is 1. The van der Waals surface area contributed by atoms with Gasteiger partial charge >= 0.3 is 0 Å². The minimum atomic E-state index is 0.0781. The number of benzene rings is 1. The van der Waals surface area contributed by atoms with Crippen molar-refractivity contribution in [2.45, 2.75) is 33.1 Å². The second-order valence-electron chi connectivity index (χ2n) is 5.33. The summed E-state index contributed by atoms with van der Waals surface area (Å²) in [6, 6.07) is 5.31. The lowest BCUT2D eigenvalue weighted by atomic mass is 9.94. The molecule has 1 heterocycles. The summed E-state index contributed by atoms with van der Waals surface area (Å²) in [6.07, 6.45) is 3.42. The lowest BCUT2D eigenvalue weighted by Crippen LogP contribution is -2.38. The molecule has 0 bridgehead atoms. The molecule has 0 spiro atoms. The summed E-state index contributed by atoms with van der Waals surface area (Å²) >= 11 is 0. The Morgan fingerprint density at radius 2 is 2.05 bits per heavy atom. The molecule has 1 aliphatic heterocycles. The first-order valence-electron chi connectivity index (χ1n) is 7.47. The van der Waals surface area contributed by atoms with Crippen molar-refractivity contribution in [3.63, 3.8) is 0 Å². The molecule has 1 aliphatic rings. The van der Waals surface area contributed by atoms with Crippen molar-refractivity contribution in [2.24, 2.45) is 5.92 Å². The van der Waals surface area contributed by atoms with Crippen LogP contribution >= 0.6 is 0 Å². The Morgan fingerprint density at radius 1 is 1.35 bits per heavy atom. The van der Waals surface area contributed by atoms with Gasteiger partial charge in [-0.3, -0.25) is 4.79 Å². The highest BCUT2D eigenvalue weighted by Crippen LogP contribution is 2.25. The van der Waals surface area contributed by atoms with E-state index in [0.29, 0.717) is 23.6 Å². The third-order valence-electron chi connectivity index (χ3n) is 4.04. The second-order valence-corrected chi connectivity index (χ2v) is 5.33. The molecular weight excluding hydrogens is 252 g/mol. The normalized spacial score (nSPS) is 16.2. The molecule has 1 aromatic carbocycles. The predicted molar refractivity (Wildman–Crippen MR) is 80.9 cm³/mol. The molecule has 110 valence electrons. The number of nitrogens with two attached hydrogens (primary N) is 1. The van der Waals surface area contributed by atoms with Crippen LogP contribution in [-0.2, 0) is 0 Å². The van der Waals surface area contributed by atoms with Crippen molar-refractivity contribution in [1.82, 2.24) is 4.90 Å². The summed E-state index contributed by atoms with van der Waals surface area (Å²) in [5.41, 5.74) is 7.11. The minimum Gasteiger partial charge on any atom is -0.492 e. The molecule has 4 nitrogen and oxygen atoms in total. The van der Waals surface area contributed by atoms with E-state index in [9.17, 15) is 4.79 Å². The van der Waals surface area contributed by atoms with E-state index in [1.165, 1.54) is 6.42 Å². The molecular formula is C16H24N2O2. The Balaban J connectivity index is 2.04. The summed E-state index contributed by atoms with van der Waals surface area (Å²) in [5.74, 6) is 1.49. The summed E-state index contributed by atoms with van der Waals surface area (Å²) in [4.78, 5) is 14.4. The quantitative estimate of drug-likeness (QED) is 0.860. The van der Waals surface area contributed by atoms with Gasteiger partial charge in [0.1, 0.15) is 5.75 Å². The number of likely N-dealkylation sites (tertiary alicyclic amines) is 1. The van der Waals surface area contributed by atoms with E-state index in [4.69, 9.17) is 10.5 Å². The van der Waals surface area contributed by atoms with E-state index in [0.717, 1.165) is 31.8 Å². The molecule has 2 rings (SSSR count). The van der Waals surface area contributed by atoms with E-state index < -0.39 is 0 Å². The Labute approximate surface area is 120 Å². The van der Waals surface area contributed by atoms with Crippen LogP contribution in [0.3, 0.4) is 0 Å². The van der Waals surface area contributed by atoms with Gasteiger partial charge in [0.2, 0.25) is 0 Å². The van der Waals surface area contributed by atoms with Gasteiger partial charge < -0.3 is 15.4 Å². The van der Waals surface area contributed by atoms with Crippen molar-refractivity contribution in [3.8, 4) is 5.75 Å². The van der Waals surface area contributed by atoms with Gasteiger partial charge in [0.25, 0.3) is 5.91 Å². The van der Waals surface area contributed by atoms with Crippen molar-refractivity contribution >= 4 is 11.6 Å². The lowest BCUT2D eigenvalue weighted by molar-refractivity contribution is 0.0689. The highest BCUT2D eigenvalue weighted by molar-refractivity contribution is 5.95. The number of carbonyl (C=O) groups is 1. The molecule has 20 heavy (non-hydrogen) atoms. The molecule has 0 atom stereocenters. The van der Waals surface area contributed by atoms with Crippen LogP contribution in [0.4, 0.5) is 5.69 Å². The summed E-state index contributed by atoms with van der Waals surface area (Å²) in [5, 5.41) is 0. The number of piperidine rings is 1. The van der Waals surface area contributed by atoms with Crippen LogP contribution in [-0.4, -0.2) is 30.5 Å². The van der Waals surface area contributed by atoms with Gasteiger partial charge in [0, 0.05) is 18.7 Å². The van der Waals surface area contributed by atoms with E-state index in [1.54, 1.807) is 18.2 Å². The maximum Gasteiger partial charge on any atom is 0.253 e. The van der Waals surface area contributed by atoms with Crippen LogP contribution in [0.25, 0.3) is 0 Å². The van der Waals surface area contributed by atoms with Crippen LogP contribution < -0.4 is 10.5 Å². The molecule has 1 aromatic rings. The monoisotopic (exact) mass is 276 g/mol. The Kier molecular flexibility index (Phi) is 4.88. The summed E-state index contributed by atoms with van der Waals surface area (Å²) in [6.45, 7) is 6.41. The number of hydrogen-bond acceptors (Lipinski definition) is 3. The van der Waals surface area contributed by atoms with Crippen LogP contribution in [0.1, 0.15) is 43.5 Å². The van der Waals surface area contributed by atoms with Gasteiger partial charge in [-0.15, -0.1) is 0 Å². The van der Waals surface area contributed by atoms with Gasteiger partial charge in [-0.2, -0.15) is 0 Å². The first kappa shape index (κ1) is 14.7. The summed E-state index contributed by atoms with van der Waals surface area (Å²) < 4.78 is 5.40. The zero-order valence-corrected chi connectivity index (χ0v) is 12.4. The van der Waals surface area contributed by atoms with Gasteiger partial charge in [-0.25, -0.2) is 0 Å². The molecule has 0 radical (unpaired) electrons. The molecule has 0 aromatic heterocycles. The fourth-order valence-electron chi connectivity index (χ4n) is 2.70. The zero-order valence-electron chi connectivity index (χ0n) is 12.4. The molecule has 1 amide bonds. The van der Waals surface area contributed by atoms with Gasteiger partial charge in [0.05, 0.1) is 12.3 Å². The molecule has 0 aliphatic carbocycles. The Bertz CT molecular complexity index is 466. The van der Waals surface area contributed by atoms with Gasteiger partial charge in [-0.1, -0.05) is 13.3 Å². The summed E-state index contributed by atoms with van der Waals surface area (Å²) in [7, 11) is 0. The first-order valence-corrected chi connectivity index (χ1v) is 7.47. The van der Waals surface area contributed by atoms with Crippen LogP contribution in [0.2, 0.25) is 0 Å². The van der Waals surface area contributed by atoms with E-state index >= 15 is 0 Å². The average molecular weight is 276 g/mol. The lowest BCUT2D eigenvalue weighted by Gasteiger charge is -2.31. The number of anilines is 1. The van der Waals surface area contributed by atoms with Gasteiger partial charge in [-0.05, 0) is 43.9 Å². The third-order valence-corrected chi connectivity index (χ3v) is 4.04. The second kappa shape index (κ2) is 6.64. The number of rotatable bonds is 4. The Morgan fingerprint density at radius 3 is 2.60 bits per heavy atom. The van der Waals surface area contributed by atoms with Crippen LogP contribution in [0.5, 0.6) is 5.75 Å². The molecule has 2 N–H and O–H groups in total. The fraction of sp³-hybridized carbons (Fsp3) is 0.562. The largest absolute Gasteiger partial charge is 0.492 e. The maximum absolute atomic E-state index is 12.4. The SMILES string of the molecule is CCOc1ccc(C(=O)N2CCC(CC)CC2)cc1N. The zero-order chi connectivity index (χ0) is 14.5. The smallest absolute Gasteiger partial charge is 0.253 e. The molecule has 0 unspecified atom stereocenters. The topological polar surface area (TPSA) is 55.6 Å². The first-order chi connectivity index (χ1) is 9.65. The van der Waals surface area contributed by atoms with Gasteiger partial charge in [0.15, 0.2) is 0 Å². The van der Waals surface area contributed by atoms with E-state index in [1.807, 2.05) is 11.8 Å². The number of ether oxygens (including phenoxy) is 1. The van der Waals surface area contributed by atoms with Crippen molar-refractivity contribution in [2.75, 3.05) is 25.4 Å². The maximum atomic E-state index is 12.4. The average Bonchev–Trinajstić information content (AvgIpc) is 2.49. The van der Waals surface area contributed by atoms with Crippen LogP contribution in [0, 0.1) is 5.92 Å². The Hall–Kier alpha value is -1.71. The minimum absolute atomic E-state index is 0.0781. The number of amides is 1. The van der Waals surface area contributed by atoms with Crippen molar-refractivity contribution in [1.29, 1.82) is 0 Å². The number of hydrogen-bond donors (Lipinski definition) is 1. The molecule has 1 fully saturated rings.